The number of allylic oxidation sites excluding steroid dienone is 3. The third-order valence-electron chi connectivity index (χ3n) is 12.3. The number of aliphatic hydroxyl groups is 2. The standard InChI is InChI=1S/C30H46O4/c1-25(2)12-14-30(24(33)34)15-13-28(6)18(19(30)16-25)8-9-22-27(5)17-20(31)23(32)26(3,4)21(27)10-11-29(22,28)7/h8,10,19-20,22-23,31-32H,9,11-17H2,1-7H3,(H,33,34)/t19-,20+,22+,23+,27-,28+,29+,30-/m0/s1. The summed E-state index contributed by atoms with van der Waals surface area (Å²) in [5.74, 6) is -0.116. The number of hydrogen-bond acceptors (Lipinski definition) is 3. The van der Waals surface area contributed by atoms with E-state index in [1.54, 1.807) is 0 Å². The first-order valence-corrected chi connectivity index (χ1v) is 13.6. The SMILES string of the molecule is CC1(C)CC[C@]2(C(=O)O)CC[C@]3(C)C(=CC[C@@H]4[C@@]5(C)C[C@@H](O)[C@@H](O)C(C)(C)C5=CC[C@]43C)[C@@H]2C1. The molecule has 190 valence electrons. The average molecular weight is 471 g/mol. The lowest BCUT2D eigenvalue weighted by atomic mass is 9.35. The normalized spacial score (nSPS) is 51.1. The van der Waals surface area contributed by atoms with Crippen LogP contribution >= 0.6 is 0 Å². The third-order valence-corrected chi connectivity index (χ3v) is 12.3. The van der Waals surface area contributed by atoms with E-state index in [0.29, 0.717) is 12.3 Å². The highest BCUT2D eigenvalue weighted by atomic mass is 16.4. The molecule has 5 aliphatic carbocycles. The van der Waals surface area contributed by atoms with E-state index in [4.69, 9.17) is 0 Å². The lowest BCUT2D eigenvalue weighted by Crippen LogP contribution is -2.63. The first kappa shape index (κ1) is 24.6. The van der Waals surface area contributed by atoms with Crippen molar-refractivity contribution < 1.29 is 20.1 Å². The molecule has 4 nitrogen and oxygen atoms in total. The van der Waals surface area contributed by atoms with Crippen molar-refractivity contribution >= 4 is 5.97 Å². The van der Waals surface area contributed by atoms with Gasteiger partial charge < -0.3 is 15.3 Å². The monoisotopic (exact) mass is 470 g/mol. The van der Waals surface area contributed by atoms with E-state index in [2.05, 4.69) is 60.6 Å². The van der Waals surface area contributed by atoms with Crippen molar-refractivity contribution in [3.05, 3.63) is 23.3 Å². The fourth-order valence-electron chi connectivity index (χ4n) is 10.0. The lowest BCUT2D eigenvalue weighted by molar-refractivity contribution is -0.169. The predicted molar refractivity (Wildman–Crippen MR) is 134 cm³/mol. The number of carboxylic acids is 1. The Morgan fingerprint density at radius 1 is 0.912 bits per heavy atom. The summed E-state index contributed by atoms with van der Waals surface area (Å²) < 4.78 is 0. The van der Waals surface area contributed by atoms with Gasteiger partial charge in [-0.2, -0.15) is 0 Å². The summed E-state index contributed by atoms with van der Waals surface area (Å²) in [4.78, 5) is 12.8. The second kappa shape index (κ2) is 7.00. The third kappa shape index (κ3) is 2.82. The zero-order valence-corrected chi connectivity index (χ0v) is 22.4. The van der Waals surface area contributed by atoms with Crippen molar-refractivity contribution in [1.82, 2.24) is 0 Å². The minimum Gasteiger partial charge on any atom is -0.481 e. The van der Waals surface area contributed by atoms with Gasteiger partial charge in [0, 0.05) is 5.41 Å². The quantitative estimate of drug-likeness (QED) is 0.403. The van der Waals surface area contributed by atoms with Crippen LogP contribution in [0.3, 0.4) is 0 Å². The van der Waals surface area contributed by atoms with Gasteiger partial charge in [-0.15, -0.1) is 0 Å². The highest BCUT2D eigenvalue weighted by Crippen LogP contribution is 2.74. The van der Waals surface area contributed by atoms with E-state index in [0.717, 1.165) is 44.9 Å². The zero-order valence-electron chi connectivity index (χ0n) is 22.4. The predicted octanol–water partition coefficient (Wildman–Crippen LogP) is 6.12. The number of aliphatic hydroxyl groups excluding tert-OH is 2. The van der Waals surface area contributed by atoms with E-state index in [-0.39, 0.29) is 27.6 Å². The summed E-state index contributed by atoms with van der Waals surface area (Å²) in [5, 5.41) is 32.3. The van der Waals surface area contributed by atoms with Crippen LogP contribution < -0.4 is 0 Å². The molecule has 0 aromatic heterocycles. The van der Waals surface area contributed by atoms with Gasteiger partial charge in [0.25, 0.3) is 0 Å². The molecule has 3 fully saturated rings. The second-order valence-electron chi connectivity index (χ2n) is 14.8. The molecule has 0 amide bonds. The minimum atomic E-state index is -0.739. The Balaban J connectivity index is 1.63. The van der Waals surface area contributed by atoms with E-state index >= 15 is 0 Å². The van der Waals surface area contributed by atoms with Gasteiger partial charge >= 0.3 is 5.97 Å². The molecule has 5 aliphatic rings. The Bertz CT molecular complexity index is 974. The van der Waals surface area contributed by atoms with Gasteiger partial charge in [0.05, 0.1) is 17.6 Å². The molecule has 8 atom stereocenters. The Labute approximate surface area is 205 Å². The van der Waals surface area contributed by atoms with Gasteiger partial charge in [0.1, 0.15) is 0 Å². The molecule has 5 rings (SSSR count). The first-order valence-electron chi connectivity index (χ1n) is 13.6. The zero-order chi connectivity index (χ0) is 25.1. The van der Waals surface area contributed by atoms with Crippen molar-refractivity contribution in [2.45, 2.75) is 112 Å². The van der Waals surface area contributed by atoms with Crippen molar-refractivity contribution in [2.24, 2.45) is 44.3 Å². The van der Waals surface area contributed by atoms with Crippen LogP contribution in [0.1, 0.15) is 99.8 Å². The number of aliphatic carboxylic acids is 1. The van der Waals surface area contributed by atoms with Crippen molar-refractivity contribution in [2.75, 3.05) is 0 Å². The molecule has 3 saturated carbocycles. The molecule has 0 spiro atoms. The number of hydrogen-bond donors (Lipinski definition) is 3. The Hall–Kier alpha value is -1.13. The van der Waals surface area contributed by atoms with Crippen LogP contribution in [0.25, 0.3) is 0 Å². The fraction of sp³-hybridized carbons (Fsp3) is 0.833. The summed E-state index contributed by atoms with van der Waals surface area (Å²) in [6.45, 7) is 16.0. The minimum absolute atomic E-state index is 0.000318. The first-order chi connectivity index (χ1) is 15.6. The Kier molecular flexibility index (Phi) is 5.06. The Morgan fingerprint density at radius 2 is 1.56 bits per heavy atom. The molecule has 0 aromatic carbocycles. The van der Waals surface area contributed by atoms with Gasteiger partial charge in [-0.25, -0.2) is 0 Å². The topological polar surface area (TPSA) is 77.8 Å². The molecule has 4 heteroatoms. The highest BCUT2D eigenvalue weighted by Gasteiger charge is 2.68. The second-order valence-corrected chi connectivity index (χ2v) is 14.8. The van der Waals surface area contributed by atoms with Crippen molar-refractivity contribution in [3.8, 4) is 0 Å². The summed E-state index contributed by atoms with van der Waals surface area (Å²) in [6, 6.07) is 0. The van der Waals surface area contributed by atoms with E-state index < -0.39 is 29.0 Å². The van der Waals surface area contributed by atoms with Crippen LogP contribution in [0, 0.1) is 44.3 Å². The molecule has 0 saturated heterocycles. The maximum atomic E-state index is 12.8. The van der Waals surface area contributed by atoms with E-state index in [1.165, 1.54) is 11.1 Å². The molecule has 34 heavy (non-hydrogen) atoms. The van der Waals surface area contributed by atoms with Crippen LogP contribution in [0.2, 0.25) is 0 Å². The van der Waals surface area contributed by atoms with Crippen LogP contribution in [-0.4, -0.2) is 33.5 Å². The summed E-state index contributed by atoms with van der Waals surface area (Å²) in [6.07, 6.45) is 10.3. The number of carboxylic acid groups (broad SMARTS) is 1. The van der Waals surface area contributed by atoms with Gasteiger partial charge in [-0.3, -0.25) is 4.79 Å². The number of rotatable bonds is 1. The molecular formula is C30H46O4. The van der Waals surface area contributed by atoms with Gasteiger partial charge in [-0.1, -0.05) is 71.8 Å². The lowest BCUT2D eigenvalue weighted by Gasteiger charge is -2.69. The number of carbonyl (C=O) groups is 1. The van der Waals surface area contributed by atoms with Gasteiger partial charge in [-0.05, 0) is 84.9 Å². The Morgan fingerprint density at radius 3 is 2.21 bits per heavy atom. The molecule has 0 bridgehead atoms. The molecule has 0 radical (unpaired) electrons. The molecule has 3 N–H and O–H groups in total. The molecule has 0 heterocycles. The van der Waals surface area contributed by atoms with E-state index in [1.807, 2.05) is 0 Å². The van der Waals surface area contributed by atoms with Crippen LogP contribution in [-0.2, 0) is 4.79 Å². The van der Waals surface area contributed by atoms with Crippen LogP contribution in [0.5, 0.6) is 0 Å². The van der Waals surface area contributed by atoms with E-state index in [9.17, 15) is 20.1 Å². The highest BCUT2D eigenvalue weighted by molar-refractivity contribution is 5.76. The summed E-state index contributed by atoms with van der Waals surface area (Å²) >= 11 is 0. The van der Waals surface area contributed by atoms with Gasteiger partial charge in [0.15, 0.2) is 0 Å². The van der Waals surface area contributed by atoms with Crippen molar-refractivity contribution in [1.29, 1.82) is 0 Å². The van der Waals surface area contributed by atoms with Crippen LogP contribution in [0.4, 0.5) is 0 Å². The molecule has 0 aromatic rings. The molecule has 0 aliphatic heterocycles. The number of fused-ring (bicyclic) bond motifs is 7. The summed E-state index contributed by atoms with van der Waals surface area (Å²) in [5.41, 5.74) is 1.61. The smallest absolute Gasteiger partial charge is 0.310 e. The summed E-state index contributed by atoms with van der Waals surface area (Å²) in [7, 11) is 0. The maximum Gasteiger partial charge on any atom is 0.310 e. The van der Waals surface area contributed by atoms with Gasteiger partial charge in [0.2, 0.25) is 0 Å². The average Bonchev–Trinajstić information content (AvgIpc) is 2.72. The van der Waals surface area contributed by atoms with Crippen LogP contribution in [0.15, 0.2) is 23.3 Å². The largest absolute Gasteiger partial charge is 0.481 e. The molecule has 0 unspecified atom stereocenters. The maximum absolute atomic E-state index is 12.8. The molecular weight excluding hydrogens is 424 g/mol. The van der Waals surface area contributed by atoms with Crippen molar-refractivity contribution in [3.63, 3.8) is 0 Å². The fourth-order valence-corrected chi connectivity index (χ4v) is 10.0.